The molecule has 1 aliphatic rings. The van der Waals surface area contributed by atoms with E-state index in [1.165, 1.54) is 6.07 Å². The molecule has 0 saturated carbocycles. The second kappa shape index (κ2) is 3.46. The Morgan fingerprint density at radius 2 is 2.42 bits per heavy atom. The molecule has 0 aromatic heterocycles. The van der Waals surface area contributed by atoms with Gasteiger partial charge >= 0.3 is 0 Å². The van der Waals surface area contributed by atoms with E-state index in [0.29, 0.717) is 5.37 Å². The van der Waals surface area contributed by atoms with Crippen molar-refractivity contribution in [3.63, 3.8) is 0 Å². The number of thioether (sulfide) groups is 1. The zero-order valence-electron chi connectivity index (χ0n) is 6.59. The Hall–Kier alpha value is -0.540. The molecule has 1 aromatic rings. The average Bonchev–Trinajstić information content (AvgIpc) is 2.56. The molecule has 1 aromatic carbocycles. The minimum atomic E-state index is -0.151. The van der Waals surface area contributed by atoms with Gasteiger partial charge in [-0.25, -0.2) is 4.39 Å². The van der Waals surface area contributed by atoms with E-state index >= 15 is 0 Å². The quantitative estimate of drug-likeness (QED) is 0.716. The molecule has 1 atom stereocenters. The summed E-state index contributed by atoms with van der Waals surface area (Å²) in [5, 5.41) is 3.59. The maximum Gasteiger partial charge on any atom is 0.123 e. The number of rotatable bonds is 1. The van der Waals surface area contributed by atoms with Crippen molar-refractivity contribution in [3.8, 4) is 0 Å². The highest BCUT2D eigenvalue weighted by molar-refractivity contribution is 7.99. The van der Waals surface area contributed by atoms with Gasteiger partial charge in [0.1, 0.15) is 5.82 Å². The molecule has 1 nitrogen and oxygen atoms in total. The van der Waals surface area contributed by atoms with Crippen LogP contribution in [0.1, 0.15) is 10.9 Å². The molecule has 0 bridgehead atoms. The van der Waals surface area contributed by atoms with Crippen molar-refractivity contribution >= 4 is 11.8 Å². The molecule has 1 aliphatic heterocycles. The summed E-state index contributed by atoms with van der Waals surface area (Å²) >= 11 is 1.83. The van der Waals surface area contributed by atoms with Gasteiger partial charge in [0, 0.05) is 12.3 Å². The molecule has 64 valence electrons. The molecular weight excluding hydrogens is 173 g/mol. The fourth-order valence-corrected chi connectivity index (χ4v) is 2.36. The first-order valence-electron chi connectivity index (χ1n) is 3.97. The Morgan fingerprint density at radius 1 is 1.50 bits per heavy atom. The van der Waals surface area contributed by atoms with Crippen LogP contribution in [0.3, 0.4) is 0 Å². The van der Waals surface area contributed by atoms with Crippen LogP contribution in [-0.4, -0.2) is 12.3 Å². The maximum absolute atomic E-state index is 12.8. The summed E-state index contributed by atoms with van der Waals surface area (Å²) in [7, 11) is 0. The molecule has 1 fully saturated rings. The molecule has 0 amide bonds. The fourth-order valence-electron chi connectivity index (χ4n) is 1.31. The van der Waals surface area contributed by atoms with Crippen molar-refractivity contribution in [2.24, 2.45) is 0 Å². The summed E-state index contributed by atoms with van der Waals surface area (Å²) in [4.78, 5) is 0. The standard InChI is InChI=1S/C9H10FNS/c10-8-3-1-2-7(6-8)9-11-4-5-12-9/h1-3,6,9,11H,4-5H2/t9-/m1/s1. The SMILES string of the molecule is Fc1cccc([C@@H]2NCCS2)c1. The zero-order chi connectivity index (χ0) is 8.39. The third kappa shape index (κ3) is 1.62. The van der Waals surface area contributed by atoms with Crippen LogP contribution >= 0.6 is 11.8 Å². The maximum atomic E-state index is 12.8. The monoisotopic (exact) mass is 183 g/mol. The molecule has 0 aliphatic carbocycles. The largest absolute Gasteiger partial charge is 0.301 e. The van der Waals surface area contributed by atoms with E-state index in [4.69, 9.17) is 0 Å². The van der Waals surface area contributed by atoms with Crippen molar-refractivity contribution < 1.29 is 4.39 Å². The molecule has 0 radical (unpaired) electrons. The number of benzene rings is 1. The van der Waals surface area contributed by atoms with Gasteiger partial charge < -0.3 is 5.32 Å². The number of hydrogen-bond donors (Lipinski definition) is 1. The first-order chi connectivity index (χ1) is 5.86. The summed E-state index contributed by atoms with van der Waals surface area (Å²) in [6.07, 6.45) is 0. The van der Waals surface area contributed by atoms with Gasteiger partial charge in [0.15, 0.2) is 0 Å². The average molecular weight is 183 g/mol. The molecule has 1 N–H and O–H groups in total. The second-order valence-electron chi connectivity index (χ2n) is 2.76. The van der Waals surface area contributed by atoms with E-state index in [-0.39, 0.29) is 5.82 Å². The first-order valence-corrected chi connectivity index (χ1v) is 5.01. The third-order valence-corrected chi connectivity index (χ3v) is 3.08. The lowest BCUT2D eigenvalue weighted by molar-refractivity contribution is 0.622. The van der Waals surface area contributed by atoms with Crippen molar-refractivity contribution in [1.29, 1.82) is 0 Å². The topological polar surface area (TPSA) is 12.0 Å². The van der Waals surface area contributed by atoms with E-state index in [1.54, 1.807) is 12.1 Å². The third-order valence-electron chi connectivity index (χ3n) is 1.87. The highest BCUT2D eigenvalue weighted by atomic mass is 32.2. The van der Waals surface area contributed by atoms with Gasteiger partial charge in [0.25, 0.3) is 0 Å². The Morgan fingerprint density at radius 3 is 3.08 bits per heavy atom. The summed E-state index contributed by atoms with van der Waals surface area (Å²) in [5.41, 5.74) is 1.04. The fraction of sp³-hybridized carbons (Fsp3) is 0.333. The van der Waals surface area contributed by atoms with Crippen LogP contribution in [0.5, 0.6) is 0 Å². The highest BCUT2D eigenvalue weighted by Gasteiger charge is 2.16. The van der Waals surface area contributed by atoms with Crippen molar-refractivity contribution in [3.05, 3.63) is 35.6 Å². The zero-order valence-corrected chi connectivity index (χ0v) is 7.40. The van der Waals surface area contributed by atoms with Crippen molar-refractivity contribution in [1.82, 2.24) is 5.32 Å². The van der Waals surface area contributed by atoms with Crippen molar-refractivity contribution in [2.75, 3.05) is 12.3 Å². The molecular formula is C9H10FNS. The van der Waals surface area contributed by atoms with E-state index in [0.717, 1.165) is 17.9 Å². The van der Waals surface area contributed by atoms with E-state index < -0.39 is 0 Å². The van der Waals surface area contributed by atoms with Gasteiger partial charge in [-0.15, -0.1) is 11.8 Å². The summed E-state index contributed by atoms with van der Waals surface area (Å²) in [6, 6.07) is 6.78. The highest BCUT2D eigenvalue weighted by Crippen LogP contribution is 2.29. The lowest BCUT2D eigenvalue weighted by Gasteiger charge is -2.08. The molecule has 2 rings (SSSR count). The molecule has 1 saturated heterocycles. The normalized spacial score (nSPS) is 22.9. The van der Waals surface area contributed by atoms with E-state index in [2.05, 4.69) is 5.32 Å². The number of hydrogen-bond acceptors (Lipinski definition) is 2. The Bertz CT molecular complexity index is 271. The molecule has 0 spiro atoms. The smallest absolute Gasteiger partial charge is 0.123 e. The predicted octanol–water partition coefficient (Wildman–Crippen LogP) is 2.16. The van der Waals surface area contributed by atoms with E-state index in [1.807, 2.05) is 17.8 Å². The Balaban J connectivity index is 2.21. The van der Waals surface area contributed by atoms with Crippen molar-refractivity contribution in [2.45, 2.75) is 5.37 Å². The number of halogens is 1. The van der Waals surface area contributed by atoms with Gasteiger partial charge in [0.2, 0.25) is 0 Å². The van der Waals surface area contributed by atoms with E-state index in [9.17, 15) is 4.39 Å². The van der Waals surface area contributed by atoms with Gasteiger partial charge in [-0.2, -0.15) is 0 Å². The molecule has 1 heterocycles. The minimum Gasteiger partial charge on any atom is -0.301 e. The molecule has 0 unspecified atom stereocenters. The van der Waals surface area contributed by atoms with Crippen LogP contribution in [0.2, 0.25) is 0 Å². The summed E-state index contributed by atoms with van der Waals surface area (Å²) < 4.78 is 12.8. The first kappa shape index (κ1) is 8.08. The van der Waals surface area contributed by atoms with Crippen LogP contribution < -0.4 is 5.32 Å². The molecule has 12 heavy (non-hydrogen) atoms. The van der Waals surface area contributed by atoms with Gasteiger partial charge in [0.05, 0.1) is 5.37 Å². The van der Waals surface area contributed by atoms with Gasteiger partial charge in [-0.1, -0.05) is 12.1 Å². The number of nitrogens with one attached hydrogen (secondary N) is 1. The van der Waals surface area contributed by atoms with Crippen LogP contribution in [0.4, 0.5) is 4.39 Å². The van der Waals surface area contributed by atoms with Gasteiger partial charge in [-0.05, 0) is 17.7 Å². The van der Waals surface area contributed by atoms with Crippen LogP contribution in [0, 0.1) is 5.82 Å². The Kier molecular flexibility index (Phi) is 2.33. The predicted molar refractivity (Wildman–Crippen MR) is 49.6 cm³/mol. The Labute approximate surface area is 75.4 Å². The van der Waals surface area contributed by atoms with Crippen LogP contribution in [-0.2, 0) is 0 Å². The second-order valence-corrected chi connectivity index (χ2v) is 3.97. The van der Waals surface area contributed by atoms with Crippen LogP contribution in [0.25, 0.3) is 0 Å². The summed E-state index contributed by atoms with van der Waals surface area (Å²) in [6.45, 7) is 1.02. The molecule has 3 heteroatoms. The van der Waals surface area contributed by atoms with Crippen LogP contribution in [0.15, 0.2) is 24.3 Å². The lowest BCUT2D eigenvalue weighted by Crippen LogP contribution is -2.11. The minimum absolute atomic E-state index is 0.151. The van der Waals surface area contributed by atoms with Gasteiger partial charge in [-0.3, -0.25) is 0 Å². The summed E-state index contributed by atoms with van der Waals surface area (Å²) in [5.74, 6) is 0.961. The lowest BCUT2D eigenvalue weighted by atomic mass is 10.2.